The third-order valence-corrected chi connectivity index (χ3v) is 3.95. The van der Waals surface area contributed by atoms with E-state index in [-0.39, 0.29) is 5.56 Å². The first-order chi connectivity index (χ1) is 11.1. The molecular formula is C17H15BrN2O3. The number of carbonyl (C=O) groups is 1. The first-order valence-corrected chi connectivity index (χ1v) is 7.98. The van der Waals surface area contributed by atoms with Gasteiger partial charge < -0.3 is 9.84 Å². The average Bonchev–Trinajstić information content (AvgIpc) is 2.91. The molecule has 0 fully saturated rings. The lowest BCUT2D eigenvalue weighted by Gasteiger charge is -2.10. The molecule has 118 valence electrons. The molecule has 23 heavy (non-hydrogen) atoms. The molecule has 0 saturated carbocycles. The largest absolute Gasteiger partial charge is 0.494 e. The summed E-state index contributed by atoms with van der Waals surface area (Å²) in [6, 6.07) is 10.8. The van der Waals surface area contributed by atoms with Crippen LogP contribution in [0.5, 0.6) is 5.75 Å². The molecule has 0 aliphatic carbocycles. The summed E-state index contributed by atoms with van der Waals surface area (Å²) < 4.78 is 8.41. The highest BCUT2D eigenvalue weighted by atomic mass is 79.9. The lowest BCUT2D eigenvalue weighted by molar-refractivity contribution is 0.0697. The summed E-state index contributed by atoms with van der Waals surface area (Å²) in [5.41, 5.74) is 2.03. The van der Waals surface area contributed by atoms with Crippen LogP contribution in [0.15, 0.2) is 47.1 Å². The van der Waals surface area contributed by atoms with E-state index in [0.717, 1.165) is 26.7 Å². The van der Waals surface area contributed by atoms with Crippen LogP contribution in [0.3, 0.4) is 0 Å². The second-order valence-electron chi connectivity index (χ2n) is 5.09. The van der Waals surface area contributed by atoms with E-state index < -0.39 is 5.97 Å². The normalized spacial score (nSPS) is 10.9. The molecule has 1 aromatic heterocycles. The zero-order valence-corrected chi connectivity index (χ0v) is 14.1. The van der Waals surface area contributed by atoms with Crippen molar-refractivity contribution < 1.29 is 14.6 Å². The highest BCUT2D eigenvalue weighted by molar-refractivity contribution is 9.10. The van der Waals surface area contributed by atoms with E-state index in [2.05, 4.69) is 21.0 Å². The Kier molecular flexibility index (Phi) is 4.34. The van der Waals surface area contributed by atoms with Gasteiger partial charge in [-0.05, 0) is 43.3 Å². The molecule has 0 amide bonds. The van der Waals surface area contributed by atoms with Crippen molar-refractivity contribution in [3.05, 3.63) is 58.2 Å². The third-order valence-electron chi connectivity index (χ3n) is 3.45. The summed E-state index contributed by atoms with van der Waals surface area (Å²) in [6.07, 6.45) is 1.85. The van der Waals surface area contributed by atoms with Crippen molar-refractivity contribution in [1.29, 1.82) is 0 Å². The van der Waals surface area contributed by atoms with Gasteiger partial charge in [-0.3, -0.25) is 4.68 Å². The van der Waals surface area contributed by atoms with E-state index in [1.807, 2.05) is 31.3 Å². The number of benzene rings is 2. The predicted molar refractivity (Wildman–Crippen MR) is 91.1 cm³/mol. The van der Waals surface area contributed by atoms with Gasteiger partial charge in [0.05, 0.1) is 24.2 Å². The van der Waals surface area contributed by atoms with Crippen LogP contribution in [0.2, 0.25) is 0 Å². The summed E-state index contributed by atoms with van der Waals surface area (Å²) in [4.78, 5) is 11.0. The number of rotatable bonds is 5. The fraction of sp³-hybridized carbons (Fsp3) is 0.176. The number of hydrogen-bond acceptors (Lipinski definition) is 3. The zero-order valence-electron chi connectivity index (χ0n) is 12.5. The van der Waals surface area contributed by atoms with E-state index in [1.54, 1.807) is 22.9 Å². The van der Waals surface area contributed by atoms with Crippen molar-refractivity contribution in [1.82, 2.24) is 9.78 Å². The Morgan fingerprint density at radius 3 is 2.87 bits per heavy atom. The maximum absolute atomic E-state index is 11.0. The van der Waals surface area contributed by atoms with E-state index in [4.69, 9.17) is 9.84 Å². The Morgan fingerprint density at radius 2 is 2.13 bits per heavy atom. The van der Waals surface area contributed by atoms with E-state index in [9.17, 15) is 4.79 Å². The summed E-state index contributed by atoms with van der Waals surface area (Å²) in [6.45, 7) is 3.09. The maximum Gasteiger partial charge on any atom is 0.335 e. The summed E-state index contributed by atoms with van der Waals surface area (Å²) in [7, 11) is 0. The van der Waals surface area contributed by atoms with Crippen molar-refractivity contribution in [2.45, 2.75) is 13.5 Å². The van der Waals surface area contributed by atoms with E-state index in [1.165, 1.54) is 0 Å². The fourth-order valence-corrected chi connectivity index (χ4v) is 2.84. The van der Waals surface area contributed by atoms with Crippen LogP contribution in [0.1, 0.15) is 22.8 Å². The maximum atomic E-state index is 11.0. The summed E-state index contributed by atoms with van der Waals surface area (Å²) in [5, 5.41) is 14.4. The first kappa shape index (κ1) is 15.6. The molecule has 1 N–H and O–H groups in total. The fourth-order valence-electron chi connectivity index (χ4n) is 2.43. The van der Waals surface area contributed by atoms with Crippen LogP contribution < -0.4 is 4.74 Å². The van der Waals surface area contributed by atoms with Gasteiger partial charge in [0.25, 0.3) is 0 Å². The first-order valence-electron chi connectivity index (χ1n) is 7.18. The van der Waals surface area contributed by atoms with Crippen LogP contribution in [-0.4, -0.2) is 27.5 Å². The molecule has 0 unspecified atom stereocenters. The number of carboxylic acid groups (broad SMARTS) is 1. The van der Waals surface area contributed by atoms with Crippen molar-refractivity contribution in [2.24, 2.45) is 0 Å². The van der Waals surface area contributed by atoms with Gasteiger partial charge in [0.2, 0.25) is 0 Å². The molecule has 0 saturated heterocycles. The molecule has 6 heteroatoms. The topological polar surface area (TPSA) is 64.3 Å². The number of hydrogen-bond donors (Lipinski definition) is 1. The molecule has 0 atom stereocenters. The second kappa shape index (κ2) is 6.42. The molecule has 0 aliphatic heterocycles. The van der Waals surface area contributed by atoms with Gasteiger partial charge in [0, 0.05) is 21.6 Å². The number of aromatic nitrogens is 2. The van der Waals surface area contributed by atoms with Crippen LogP contribution in [0.4, 0.5) is 0 Å². The lowest BCUT2D eigenvalue weighted by atomic mass is 10.1. The summed E-state index contributed by atoms with van der Waals surface area (Å²) in [5.74, 6) is -0.119. The smallest absolute Gasteiger partial charge is 0.335 e. The molecule has 1 heterocycles. The molecule has 5 nitrogen and oxygen atoms in total. The Bertz CT molecular complexity index is 873. The highest BCUT2D eigenvalue weighted by Gasteiger charge is 2.09. The van der Waals surface area contributed by atoms with Crippen molar-refractivity contribution in [3.63, 3.8) is 0 Å². The Hall–Kier alpha value is -2.34. The lowest BCUT2D eigenvalue weighted by Crippen LogP contribution is -2.03. The molecule has 3 aromatic rings. The van der Waals surface area contributed by atoms with Crippen LogP contribution in [0, 0.1) is 0 Å². The molecule has 0 radical (unpaired) electrons. The second-order valence-corrected chi connectivity index (χ2v) is 6.01. The molecular weight excluding hydrogens is 360 g/mol. The van der Waals surface area contributed by atoms with Crippen molar-refractivity contribution in [2.75, 3.05) is 6.61 Å². The molecule has 0 spiro atoms. The SMILES string of the molecule is CCOc1ccc(Br)cc1Cn1cc2cc(C(=O)O)ccc2n1. The van der Waals surface area contributed by atoms with Gasteiger partial charge in [0.1, 0.15) is 5.75 Å². The molecule has 3 rings (SSSR count). The highest BCUT2D eigenvalue weighted by Crippen LogP contribution is 2.25. The van der Waals surface area contributed by atoms with Crippen molar-refractivity contribution in [3.8, 4) is 5.75 Å². The minimum absolute atomic E-state index is 0.259. The zero-order chi connectivity index (χ0) is 16.4. The van der Waals surface area contributed by atoms with E-state index >= 15 is 0 Å². The minimum atomic E-state index is -0.940. The summed E-state index contributed by atoms with van der Waals surface area (Å²) >= 11 is 3.47. The molecule has 0 aliphatic rings. The van der Waals surface area contributed by atoms with Gasteiger partial charge in [0.15, 0.2) is 0 Å². The van der Waals surface area contributed by atoms with Gasteiger partial charge in [-0.15, -0.1) is 0 Å². The standard InChI is InChI=1S/C17H15BrN2O3/c1-2-23-16-6-4-14(18)8-13(16)10-20-9-12-7-11(17(21)22)3-5-15(12)19-20/h3-9H,2,10H2,1H3,(H,21,22). The van der Waals surface area contributed by atoms with Crippen molar-refractivity contribution >= 4 is 32.8 Å². The monoisotopic (exact) mass is 374 g/mol. The Labute approximate surface area is 141 Å². The third kappa shape index (κ3) is 3.37. The number of fused-ring (bicyclic) bond motifs is 1. The number of nitrogens with zero attached hydrogens (tertiary/aromatic N) is 2. The Morgan fingerprint density at radius 1 is 1.30 bits per heavy atom. The number of aromatic carboxylic acids is 1. The van der Waals surface area contributed by atoms with Gasteiger partial charge in [-0.25, -0.2) is 4.79 Å². The average molecular weight is 375 g/mol. The van der Waals surface area contributed by atoms with E-state index in [0.29, 0.717) is 13.2 Å². The Balaban J connectivity index is 1.95. The van der Waals surface area contributed by atoms with Gasteiger partial charge in [-0.1, -0.05) is 15.9 Å². The number of carboxylic acids is 1. The van der Waals surface area contributed by atoms with Crippen LogP contribution in [-0.2, 0) is 6.54 Å². The van der Waals surface area contributed by atoms with Crippen LogP contribution in [0.25, 0.3) is 10.9 Å². The van der Waals surface area contributed by atoms with Gasteiger partial charge in [-0.2, -0.15) is 5.10 Å². The van der Waals surface area contributed by atoms with Gasteiger partial charge >= 0.3 is 5.97 Å². The predicted octanol–water partition coefficient (Wildman–Crippen LogP) is 3.94. The number of ether oxygens (including phenoxy) is 1. The number of halogens is 1. The molecule has 0 bridgehead atoms. The molecule has 2 aromatic carbocycles. The van der Waals surface area contributed by atoms with Crippen LogP contribution >= 0.6 is 15.9 Å². The minimum Gasteiger partial charge on any atom is -0.494 e. The quantitative estimate of drug-likeness (QED) is 0.734.